The third kappa shape index (κ3) is 3.89. The third-order valence-corrected chi connectivity index (χ3v) is 4.46. The van der Waals surface area contributed by atoms with Gasteiger partial charge in [-0.25, -0.2) is 0 Å². The van der Waals surface area contributed by atoms with Crippen molar-refractivity contribution >= 4 is 11.6 Å². The average Bonchev–Trinajstić information content (AvgIpc) is 2.41. The number of nitrogens with one attached hydrogen (secondary N) is 1. The molecule has 0 amide bonds. The van der Waals surface area contributed by atoms with Crippen molar-refractivity contribution < 1.29 is 4.74 Å². The van der Waals surface area contributed by atoms with Crippen molar-refractivity contribution in [3.63, 3.8) is 0 Å². The minimum Gasteiger partial charge on any atom is -0.487 e. The normalized spacial score (nSPS) is 30.2. The quantitative estimate of drug-likeness (QED) is 0.862. The van der Waals surface area contributed by atoms with Crippen LogP contribution in [0.1, 0.15) is 40.0 Å². The molecule has 1 aromatic rings. The first-order chi connectivity index (χ1) is 9.61. The Morgan fingerprint density at radius 3 is 2.70 bits per heavy atom. The maximum absolute atomic E-state index is 6.26. The van der Waals surface area contributed by atoms with Crippen molar-refractivity contribution in [3.8, 4) is 5.75 Å². The van der Waals surface area contributed by atoms with Crippen molar-refractivity contribution in [2.45, 2.75) is 52.2 Å². The Kier molecular flexibility index (Phi) is 5.74. The molecule has 1 aliphatic rings. The molecule has 0 heterocycles. The van der Waals surface area contributed by atoms with E-state index in [1.165, 1.54) is 12.8 Å². The van der Waals surface area contributed by atoms with Crippen LogP contribution in [-0.4, -0.2) is 18.7 Å². The Hall–Kier alpha value is -0.730. The van der Waals surface area contributed by atoms with Gasteiger partial charge in [-0.15, -0.1) is 0 Å². The summed E-state index contributed by atoms with van der Waals surface area (Å²) in [5.41, 5.74) is 0. The van der Waals surface area contributed by atoms with Gasteiger partial charge in [0.2, 0.25) is 0 Å². The fourth-order valence-corrected chi connectivity index (χ4v) is 3.42. The van der Waals surface area contributed by atoms with Gasteiger partial charge in [0.1, 0.15) is 11.9 Å². The first-order valence-electron chi connectivity index (χ1n) is 7.76. The van der Waals surface area contributed by atoms with Crippen molar-refractivity contribution in [2.75, 3.05) is 6.54 Å². The standard InChI is InChI=1S/C17H26ClNO/c1-4-9-19-15-11-12(2)10-13(3)17(15)20-16-8-6-5-7-14(16)18/h5-8,12-13,15,17,19H,4,9-11H2,1-3H3. The van der Waals surface area contributed by atoms with E-state index in [9.17, 15) is 0 Å². The van der Waals surface area contributed by atoms with Crippen molar-refractivity contribution in [3.05, 3.63) is 29.3 Å². The minimum absolute atomic E-state index is 0.206. The van der Waals surface area contributed by atoms with Crippen LogP contribution in [0.15, 0.2) is 24.3 Å². The maximum atomic E-state index is 6.26. The summed E-state index contributed by atoms with van der Waals surface area (Å²) in [6.07, 6.45) is 3.76. The van der Waals surface area contributed by atoms with E-state index in [-0.39, 0.29) is 6.10 Å². The van der Waals surface area contributed by atoms with Crippen LogP contribution in [0.5, 0.6) is 5.75 Å². The molecular formula is C17H26ClNO. The minimum atomic E-state index is 0.206. The molecular weight excluding hydrogens is 270 g/mol. The molecule has 0 radical (unpaired) electrons. The smallest absolute Gasteiger partial charge is 0.138 e. The fourth-order valence-electron chi connectivity index (χ4n) is 3.24. The predicted molar refractivity (Wildman–Crippen MR) is 85.5 cm³/mol. The third-order valence-electron chi connectivity index (χ3n) is 4.14. The van der Waals surface area contributed by atoms with Gasteiger partial charge in [0.15, 0.2) is 0 Å². The summed E-state index contributed by atoms with van der Waals surface area (Å²) in [7, 11) is 0. The van der Waals surface area contributed by atoms with E-state index in [2.05, 4.69) is 26.1 Å². The Labute approximate surface area is 127 Å². The largest absolute Gasteiger partial charge is 0.487 e. The number of hydrogen-bond acceptors (Lipinski definition) is 2. The molecule has 1 N–H and O–H groups in total. The van der Waals surface area contributed by atoms with E-state index in [1.807, 2.05) is 24.3 Å². The van der Waals surface area contributed by atoms with Gasteiger partial charge in [0.25, 0.3) is 0 Å². The van der Waals surface area contributed by atoms with Gasteiger partial charge in [0.05, 0.1) is 5.02 Å². The fraction of sp³-hybridized carbons (Fsp3) is 0.647. The molecule has 1 aliphatic carbocycles. The number of halogens is 1. The zero-order chi connectivity index (χ0) is 14.5. The van der Waals surface area contributed by atoms with Crippen LogP contribution >= 0.6 is 11.6 Å². The monoisotopic (exact) mass is 295 g/mol. The second-order valence-electron chi connectivity index (χ2n) is 6.13. The number of hydrogen-bond donors (Lipinski definition) is 1. The lowest BCUT2D eigenvalue weighted by atomic mass is 9.78. The van der Waals surface area contributed by atoms with Gasteiger partial charge in [-0.2, -0.15) is 0 Å². The summed E-state index contributed by atoms with van der Waals surface area (Å²) < 4.78 is 6.26. The summed E-state index contributed by atoms with van der Waals surface area (Å²) >= 11 is 6.23. The Morgan fingerprint density at radius 2 is 2.00 bits per heavy atom. The number of rotatable bonds is 5. The van der Waals surface area contributed by atoms with Gasteiger partial charge in [0, 0.05) is 6.04 Å². The number of benzene rings is 1. The van der Waals surface area contributed by atoms with Crippen LogP contribution in [0.4, 0.5) is 0 Å². The highest BCUT2D eigenvalue weighted by Crippen LogP contribution is 2.34. The molecule has 0 aromatic heterocycles. The van der Waals surface area contributed by atoms with Gasteiger partial charge in [-0.1, -0.05) is 44.5 Å². The highest BCUT2D eigenvalue weighted by atomic mass is 35.5. The van der Waals surface area contributed by atoms with E-state index in [4.69, 9.17) is 16.3 Å². The summed E-state index contributed by atoms with van der Waals surface area (Å²) in [6.45, 7) is 7.87. The van der Waals surface area contributed by atoms with E-state index in [0.29, 0.717) is 17.0 Å². The Bertz CT molecular complexity index is 423. The first kappa shape index (κ1) is 15.7. The molecule has 3 heteroatoms. The highest BCUT2D eigenvalue weighted by Gasteiger charge is 2.35. The predicted octanol–water partition coefficient (Wildman–Crippen LogP) is 4.52. The lowest BCUT2D eigenvalue weighted by molar-refractivity contribution is 0.0478. The molecule has 0 spiro atoms. The second kappa shape index (κ2) is 7.33. The molecule has 0 aliphatic heterocycles. The number of ether oxygens (including phenoxy) is 1. The maximum Gasteiger partial charge on any atom is 0.138 e. The van der Waals surface area contributed by atoms with Gasteiger partial charge in [-0.05, 0) is 49.8 Å². The van der Waals surface area contributed by atoms with E-state index >= 15 is 0 Å². The summed E-state index contributed by atoms with van der Waals surface area (Å²) in [4.78, 5) is 0. The van der Waals surface area contributed by atoms with E-state index in [0.717, 1.165) is 24.6 Å². The Morgan fingerprint density at radius 1 is 1.25 bits per heavy atom. The van der Waals surface area contributed by atoms with Crippen molar-refractivity contribution in [2.24, 2.45) is 11.8 Å². The summed E-state index contributed by atoms with van der Waals surface area (Å²) in [5.74, 6) is 2.11. The van der Waals surface area contributed by atoms with Gasteiger partial charge in [-0.3, -0.25) is 0 Å². The molecule has 20 heavy (non-hydrogen) atoms. The highest BCUT2D eigenvalue weighted by molar-refractivity contribution is 6.32. The summed E-state index contributed by atoms with van der Waals surface area (Å²) in [6, 6.07) is 8.19. The van der Waals surface area contributed by atoms with Crippen LogP contribution in [0.2, 0.25) is 5.02 Å². The molecule has 0 saturated heterocycles. The molecule has 112 valence electrons. The van der Waals surface area contributed by atoms with Crippen molar-refractivity contribution in [1.29, 1.82) is 0 Å². The lowest BCUT2D eigenvalue weighted by Crippen LogP contribution is -2.51. The van der Waals surface area contributed by atoms with Crippen LogP contribution < -0.4 is 10.1 Å². The van der Waals surface area contributed by atoms with E-state index < -0.39 is 0 Å². The molecule has 2 nitrogen and oxygen atoms in total. The molecule has 1 fully saturated rings. The van der Waals surface area contributed by atoms with Crippen molar-refractivity contribution in [1.82, 2.24) is 5.32 Å². The molecule has 1 saturated carbocycles. The van der Waals surface area contributed by atoms with E-state index in [1.54, 1.807) is 0 Å². The second-order valence-corrected chi connectivity index (χ2v) is 6.53. The molecule has 1 aromatic carbocycles. The summed E-state index contributed by atoms with van der Waals surface area (Å²) in [5, 5.41) is 4.36. The molecule has 0 bridgehead atoms. The van der Waals surface area contributed by atoms with Crippen LogP contribution in [0.25, 0.3) is 0 Å². The SMILES string of the molecule is CCCNC1CC(C)CC(C)C1Oc1ccccc1Cl. The lowest BCUT2D eigenvalue weighted by Gasteiger charge is -2.40. The molecule has 2 rings (SSSR count). The van der Waals surface area contributed by atoms with Gasteiger partial charge < -0.3 is 10.1 Å². The van der Waals surface area contributed by atoms with Crippen LogP contribution in [0.3, 0.4) is 0 Å². The molecule has 4 atom stereocenters. The zero-order valence-electron chi connectivity index (χ0n) is 12.7. The zero-order valence-corrected chi connectivity index (χ0v) is 13.5. The van der Waals surface area contributed by atoms with Gasteiger partial charge >= 0.3 is 0 Å². The Balaban J connectivity index is 2.10. The van der Waals surface area contributed by atoms with Crippen LogP contribution in [-0.2, 0) is 0 Å². The molecule has 4 unspecified atom stereocenters. The average molecular weight is 296 g/mol. The first-order valence-corrected chi connectivity index (χ1v) is 8.14. The topological polar surface area (TPSA) is 21.3 Å². The van der Waals surface area contributed by atoms with Crippen LogP contribution in [0, 0.1) is 11.8 Å². The number of para-hydroxylation sites is 1.